The Morgan fingerprint density at radius 2 is 2.00 bits per heavy atom. The summed E-state index contributed by atoms with van der Waals surface area (Å²) < 4.78 is 41.0. The highest BCUT2D eigenvalue weighted by Crippen LogP contribution is 2.36. The van der Waals surface area contributed by atoms with Gasteiger partial charge in [0.2, 0.25) is 0 Å². The molecular weight excluding hydrogens is 516 g/mol. The number of benzene rings is 1. The highest BCUT2D eigenvalue weighted by molar-refractivity contribution is 8.19. The molecule has 0 N–H and O–H groups in total. The third kappa shape index (κ3) is 6.44. The van der Waals surface area contributed by atoms with Crippen LogP contribution in [0.5, 0.6) is 11.5 Å². The zero-order chi connectivity index (χ0) is 24.7. The number of unbranched alkanes of at least 4 members (excludes halogenated alkanes) is 2. The lowest BCUT2D eigenvalue weighted by Crippen LogP contribution is -2.29. The van der Waals surface area contributed by atoms with E-state index in [4.69, 9.17) is 21.1 Å². The number of sulfonamides is 1. The molecule has 7 nitrogen and oxygen atoms in total. The molecule has 2 aromatic rings. The van der Waals surface area contributed by atoms with Crippen molar-refractivity contribution in [2.75, 3.05) is 20.3 Å². The van der Waals surface area contributed by atoms with E-state index in [2.05, 4.69) is 17.9 Å². The number of rotatable bonds is 11. The second-order valence-electron chi connectivity index (χ2n) is 7.19. The van der Waals surface area contributed by atoms with Gasteiger partial charge in [-0.25, -0.2) is 0 Å². The van der Waals surface area contributed by atoms with E-state index < -0.39 is 10.0 Å². The summed E-state index contributed by atoms with van der Waals surface area (Å²) in [7, 11) is -2.45. The second-order valence-corrected chi connectivity index (χ2v) is 11.7. The minimum absolute atomic E-state index is 0.00838. The molecule has 0 atom stereocenters. The van der Waals surface area contributed by atoms with Gasteiger partial charge < -0.3 is 9.47 Å². The molecule has 1 saturated heterocycles. The highest BCUT2D eigenvalue weighted by Gasteiger charge is 2.34. The normalized spacial score (nSPS) is 16.4. The first kappa shape index (κ1) is 26.3. The number of thiophene rings is 1. The van der Waals surface area contributed by atoms with E-state index in [0.29, 0.717) is 27.3 Å². The fourth-order valence-corrected chi connectivity index (χ4v) is 6.68. The lowest BCUT2D eigenvalue weighted by Gasteiger charge is -2.12. The van der Waals surface area contributed by atoms with E-state index in [1.54, 1.807) is 31.4 Å². The molecule has 1 amide bonds. The van der Waals surface area contributed by atoms with Gasteiger partial charge in [0, 0.05) is 6.54 Å². The van der Waals surface area contributed by atoms with E-state index in [-0.39, 0.29) is 21.8 Å². The quantitative estimate of drug-likeness (QED) is 0.203. The molecule has 1 aliphatic heterocycles. The van der Waals surface area contributed by atoms with E-state index in [1.807, 2.05) is 0 Å². The van der Waals surface area contributed by atoms with Gasteiger partial charge in [0.05, 0.1) is 23.0 Å². The number of hydrogen-bond acceptors (Lipinski definition) is 7. The van der Waals surface area contributed by atoms with E-state index in [0.717, 1.165) is 47.9 Å². The zero-order valence-electron chi connectivity index (χ0n) is 18.8. The van der Waals surface area contributed by atoms with Gasteiger partial charge >= 0.3 is 0 Å². The number of carbonyl (C=O) groups excluding carboxylic acids is 1. The molecule has 1 aromatic heterocycles. The minimum Gasteiger partial charge on any atom is -0.493 e. The molecule has 1 aromatic carbocycles. The smallest absolute Gasteiger partial charge is 0.294 e. The molecule has 11 heteroatoms. The average molecular weight is 541 g/mol. The van der Waals surface area contributed by atoms with Crippen LogP contribution in [-0.2, 0) is 14.8 Å². The second kappa shape index (κ2) is 11.9. The Morgan fingerprint density at radius 1 is 1.21 bits per heavy atom. The van der Waals surface area contributed by atoms with Crippen molar-refractivity contribution in [1.82, 2.24) is 4.90 Å². The summed E-state index contributed by atoms with van der Waals surface area (Å²) in [4.78, 5) is 14.6. The highest BCUT2D eigenvalue weighted by atomic mass is 35.5. The van der Waals surface area contributed by atoms with Gasteiger partial charge in [-0.05, 0) is 54.1 Å². The maximum Gasteiger partial charge on any atom is 0.294 e. The number of amides is 1. The molecule has 0 saturated carbocycles. The molecule has 0 spiro atoms. The van der Waals surface area contributed by atoms with Crippen molar-refractivity contribution >= 4 is 61.9 Å². The molecule has 0 unspecified atom stereocenters. The van der Waals surface area contributed by atoms with Crippen LogP contribution in [0.15, 0.2) is 56.5 Å². The van der Waals surface area contributed by atoms with Crippen molar-refractivity contribution < 1.29 is 22.7 Å². The van der Waals surface area contributed by atoms with Crippen molar-refractivity contribution in [3.05, 3.63) is 57.8 Å². The first-order valence-corrected chi connectivity index (χ1v) is 14.0. The molecule has 182 valence electrons. The van der Waals surface area contributed by atoms with Crippen LogP contribution in [0, 0.1) is 0 Å². The van der Waals surface area contributed by atoms with Gasteiger partial charge in [-0.15, -0.1) is 22.3 Å². The minimum atomic E-state index is -4.02. The fourth-order valence-electron chi connectivity index (χ4n) is 3.03. The van der Waals surface area contributed by atoms with Gasteiger partial charge in [-0.3, -0.25) is 9.69 Å². The molecular formula is C23H25ClN2O5S3. The summed E-state index contributed by atoms with van der Waals surface area (Å²) >= 11 is 7.77. The largest absolute Gasteiger partial charge is 0.493 e. The topological polar surface area (TPSA) is 85.3 Å². The van der Waals surface area contributed by atoms with Gasteiger partial charge in [-0.2, -0.15) is 8.42 Å². The van der Waals surface area contributed by atoms with Gasteiger partial charge in [-0.1, -0.05) is 43.5 Å². The van der Waals surface area contributed by atoms with Crippen LogP contribution in [0.1, 0.15) is 31.7 Å². The van der Waals surface area contributed by atoms with Crippen LogP contribution in [0.4, 0.5) is 0 Å². The van der Waals surface area contributed by atoms with Crippen molar-refractivity contribution in [2.45, 2.75) is 30.4 Å². The van der Waals surface area contributed by atoms with Crippen LogP contribution >= 0.6 is 34.7 Å². The molecule has 2 heterocycles. The van der Waals surface area contributed by atoms with Crippen molar-refractivity contribution in [2.24, 2.45) is 4.40 Å². The number of amidine groups is 1. The first-order valence-electron chi connectivity index (χ1n) is 10.5. The van der Waals surface area contributed by atoms with Gasteiger partial charge in [0.15, 0.2) is 16.7 Å². The predicted octanol–water partition coefficient (Wildman–Crippen LogP) is 5.83. The maximum absolute atomic E-state index is 13.0. The molecule has 34 heavy (non-hydrogen) atoms. The summed E-state index contributed by atoms with van der Waals surface area (Å²) in [5.74, 6) is 0.821. The summed E-state index contributed by atoms with van der Waals surface area (Å²) in [6.45, 7) is 6.47. The molecule has 0 radical (unpaired) electrons. The third-order valence-corrected chi connectivity index (χ3v) is 8.78. The zero-order valence-corrected chi connectivity index (χ0v) is 22.0. The van der Waals surface area contributed by atoms with Crippen LogP contribution in [0.25, 0.3) is 6.08 Å². The monoisotopic (exact) mass is 540 g/mol. The van der Waals surface area contributed by atoms with Crippen molar-refractivity contribution in [1.29, 1.82) is 0 Å². The van der Waals surface area contributed by atoms with E-state index in [9.17, 15) is 13.2 Å². The molecule has 3 rings (SSSR count). The van der Waals surface area contributed by atoms with Gasteiger partial charge in [0.25, 0.3) is 15.9 Å². The Morgan fingerprint density at radius 3 is 2.65 bits per heavy atom. The number of methoxy groups -OCH3 is 1. The molecule has 1 aliphatic rings. The van der Waals surface area contributed by atoms with E-state index >= 15 is 0 Å². The molecule has 1 fully saturated rings. The Hall–Kier alpha value is -2.27. The van der Waals surface area contributed by atoms with Crippen molar-refractivity contribution in [3.8, 4) is 11.5 Å². The summed E-state index contributed by atoms with van der Waals surface area (Å²) in [5.41, 5.74) is 0.717. The summed E-state index contributed by atoms with van der Waals surface area (Å²) in [5, 5.41) is 0.0604. The van der Waals surface area contributed by atoms with Crippen LogP contribution in [0.2, 0.25) is 4.34 Å². The lowest BCUT2D eigenvalue weighted by molar-refractivity contribution is -0.121. The third-order valence-electron chi connectivity index (χ3n) is 4.69. The number of halogens is 1. The lowest BCUT2D eigenvalue weighted by atomic mass is 10.2. The maximum atomic E-state index is 13.0. The number of thioether (sulfide) groups is 1. The molecule has 0 bridgehead atoms. The van der Waals surface area contributed by atoms with E-state index in [1.165, 1.54) is 23.1 Å². The summed E-state index contributed by atoms with van der Waals surface area (Å²) in [6.07, 6.45) is 6.28. The Bertz CT molecular complexity index is 1220. The predicted molar refractivity (Wildman–Crippen MR) is 139 cm³/mol. The average Bonchev–Trinajstić information content (AvgIpc) is 3.36. The number of ether oxygens (including phenoxy) is 2. The standard InChI is InChI=1S/C23H25ClN2O5S3/c1-4-6-7-13-31-18-14-16(8-9-17(18)30-3)15-19-22(27)26(12-5-2)23(32-19)25-34(28,29)21-11-10-20(24)33-21/h5,8-11,14-15H,2,4,6-7,12-13H2,1,3H3/b19-15-,25-23?. The first-order chi connectivity index (χ1) is 16.3. The summed E-state index contributed by atoms with van der Waals surface area (Å²) in [6, 6.07) is 8.25. The molecule has 0 aliphatic carbocycles. The van der Waals surface area contributed by atoms with Crippen molar-refractivity contribution in [3.63, 3.8) is 0 Å². The van der Waals surface area contributed by atoms with Gasteiger partial charge in [0.1, 0.15) is 4.21 Å². The fraction of sp³-hybridized carbons (Fsp3) is 0.304. The number of nitrogens with zero attached hydrogens (tertiary/aromatic N) is 2. The Balaban J connectivity index is 1.90. The van der Waals surface area contributed by atoms with Crippen LogP contribution in [-0.4, -0.2) is 44.7 Å². The number of carbonyl (C=O) groups is 1. The van der Waals surface area contributed by atoms with Crippen LogP contribution < -0.4 is 9.47 Å². The number of hydrogen-bond donors (Lipinski definition) is 0. The Kier molecular flexibility index (Phi) is 9.24. The SMILES string of the molecule is C=CCN1C(=O)/C(=C/c2ccc(OC)c(OCCCCC)c2)SC1=NS(=O)(=O)c1ccc(Cl)s1. The van der Waals surface area contributed by atoms with Crippen LogP contribution in [0.3, 0.4) is 0 Å². The Labute approximate surface area is 213 Å².